The second-order valence-electron chi connectivity index (χ2n) is 10.9. The zero-order valence-corrected chi connectivity index (χ0v) is 18.4. The minimum Gasteiger partial charge on any atom is -0.392 e. The predicted octanol–water partition coefficient (Wildman–Crippen LogP) is 5.06. The number of aliphatic hydroxyl groups is 1. The molecular formula is C25H39FN2O. The summed E-state index contributed by atoms with van der Waals surface area (Å²) in [5, 5.41) is 19.8. The van der Waals surface area contributed by atoms with Crippen LogP contribution in [0.3, 0.4) is 0 Å². The summed E-state index contributed by atoms with van der Waals surface area (Å²) in [6.07, 6.45) is 8.48. The van der Waals surface area contributed by atoms with E-state index in [0.29, 0.717) is 30.1 Å². The van der Waals surface area contributed by atoms with Crippen LogP contribution in [-0.4, -0.2) is 36.2 Å². The van der Waals surface area contributed by atoms with Crippen molar-refractivity contribution in [2.24, 2.45) is 34.5 Å². The molecule has 5 rings (SSSR count). The Morgan fingerprint density at radius 2 is 1.93 bits per heavy atom. The Kier molecular flexibility index (Phi) is 5.57. The zero-order valence-electron chi connectivity index (χ0n) is 18.4. The average molecular weight is 403 g/mol. The smallest absolute Gasteiger partial charge is 0.122 e. The van der Waals surface area contributed by atoms with Crippen LogP contribution in [0.25, 0.3) is 0 Å². The fourth-order valence-corrected chi connectivity index (χ4v) is 7.53. The molecule has 5 aliphatic rings. The highest BCUT2D eigenvalue weighted by Gasteiger charge is 2.60. The van der Waals surface area contributed by atoms with Crippen LogP contribution >= 0.6 is 0 Å². The number of allylic oxidation sites excluding steroid dienone is 3. The standard InChI is InChI=1S/C21H30FN.C4H9NO/c1-12-9-15-16(21(4)7-5-14(23)10-17(12)21)6-8-20(3)13(2)19(22)11-18(15)20;6-4-1-2-5-3-4/h10,12,15-16,18-19,23H,2,5-9,11H2,1,3-4H3;4-6H,1-3H2/t12?,15?,16?,18?,19?,20-,21-;/m1./s1. The zero-order chi connectivity index (χ0) is 21.0. The molecule has 0 amide bonds. The van der Waals surface area contributed by atoms with E-state index in [1.807, 2.05) is 0 Å². The Morgan fingerprint density at radius 3 is 2.55 bits per heavy atom. The molecule has 3 N–H and O–H groups in total. The van der Waals surface area contributed by atoms with E-state index in [1.54, 1.807) is 0 Å². The first-order valence-electron chi connectivity index (χ1n) is 11.7. The normalized spacial score (nSPS) is 48.8. The maximum Gasteiger partial charge on any atom is 0.122 e. The second-order valence-corrected chi connectivity index (χ2v) is 10.9. The molecule has 0 aromatic heterocycles. The lowest BCUT2D eigenvalue weighted by Gasteiger charge is -2.59. The van der Waals surface area contributed by atoms with Crippen molar-refractivity contribution in [3.05, 3.63) is 23.8 Å². The van der Waals surface area contributed by atoms with E-state index in [1.165, 1.54) is 18.4 Å². The third-order valence-corrected chi connectivity index (χ3v) is 9.31. The quantitative estimate of drug-likeness (QED) is 0.496. The van der Waals surface area contributed by atoms with Gasteiger partial charge in [-0.1, -0.05) is 32.9 Å². The van der Waals surface area contributed by atoms with Gasteiger partial charge in [0.1, 0.15) is 6.17 Å². The Balaban J connectivity index is 0.000000294. The first-order valence-corrected chi connectivity index (χ1v) is 11.7. The van der Waals surface area contributed by atoms with Crippen molar-refractivity contribution < 1.29 is 9.50 Å². The van der Waals surface area contributed by atoms with E-state index in [0.717, 1.165) is 50.1 Å². The molecule has 0 aromatic carbocycles. The molecule has 0 spiro atoms. The molecule has 8 atom stereocenters. The maximum atomic E-state index is 14.5. The van der Waals surface area contributed by atoms with Gasteiger partial charge in [-0.3, -0.25) is 0 Å². The first kappa shape index (κ1) is 21.2. The van der Waals surface area contributed by atoms with Gasteiger partial charge in [0.2, 0.25) is 0 Å². The molecule has 0 radical (unpaired) electrons. The second kappa shape index (κ2) is 7.60. The Labute approximate surface area is 175 Å². The molecule has 4 fully saturated rings. The van der Waals surface area contributed by atoms with Gasteiger partial charge in [-0.15, -0.1) is 0 Å². The first-order chi connectivity index (χ1) is 13.7. The molecule has 29 heavy (non-hydrogen) atoms. The summed E-state index contributed by atoms with van der Waals surface area (Å²) in [6.45, 7) is 13.0. The molecule has 4 aliphatic carbocycles. The number of alkyl halides is 1. The largest absolute Gasteiger partial charge is 0.392 e. The number of halogens is 1. The summed E-state index contributed by atoms with van der Waals surface area (Å²) < 4.78 is 14.5. The molecule has 162 valence electrons. The highest BCUT2D eigenvalue weighted by Crippen LogP contribution is 2.67. The summed E-state index contributed by atoms with van der Waals surface area (Å²) in [6, 6.07) is 0. The molecular weight excluding hydrogens is 363 g/mol. The molecule has 0 aromatic rings. The Morgan fingerprint density at radius 1 is 1.17 bits per heavy atom. The van der Waals surface area contributed by atoms with Gasteiger partial charge >= 0.3 is 0 Å². The van der Waals surface area contributed by atoms with E-state index in [2.05, 4.69) is 38.7 Å². The van der Waals surface area contributed by atoms with E-state index >= 15 is 0 Å². The lowest BCUT2D eigenvalue weighted by molar-refractivity contribution is -0.0357. The highest BCUT2D eigenvalue weighted by atomic mass is 19.1. The molecule has 0 bridgehead atoms. The maximum absolute atomic E-state index is 14.5. The van der Waals surface area contributed by atoms with Gasteiger partial charge in [-0.2, -0.15) is 0 Å². The van der Waals surface area contributed by atoms with Gasteiger partial charge in [-0.25, -0.2) is 4.39 Å². The van der Waals surface area contributed by atoms with Crippen LogP contribution in [0.1, 0.15) is 65.7 Å². The summed E-state index contributed by atoms with van der Waals surface area (Å²) in [4.78, 5) is 0. The third kappa shape index (κ3) is 3.44. The van der Waals surface area contributed by atoms with Crippen molar-refractivity contribution in [3.63, 3.8) is 0 Å². The summed E-state index contributed by atoms with van der Waals surface area (Å²) >= 11 is 0. The highest BCUT2D eigenvalue weighted by molar-refractivity contribution is 5.94. The number of hydrogen-bond donors (Lipinski definition) is 3. The Bertz CT molecular complexity index is 712. The van der Waals surface area contributed by atoms with Crippen molar-refractivity contribution in [2.75, 3.05) is 13.1 Å². The molecule has 4 heteroatoms. The van der Waals surface area contributed by atoms with Crippen molar-refractivity contribution in [2.45, 2.75) is 78.0 Å². The van der Waals surface area contributed by atoms with Crippen LogP contribution in [0.4, 0.5) is 4.39 Å². The van der Waals surface area contributed by atoms with Gasteiger partial charge < -0.3 is 15.8 Å². The van der Waals surface area contributed by atoms with E-state index in [4.69, 9.17) is 10.5 Å². The van der Waals surface area contributed by atoms with E-state index in [9.17, 15) is 4.39 Å². The SMILES string of the molecule is C=C1C(F)CC2C3CC(C)C4=CC(=N)CC[C@]4(C)C3CC[C@]12C.OC1CCNC1. The predicted molar refractivity (Wildman–Crippen MR) is 117 cm³/mol. The van der Waals surface area contributed by atoms with E-state index < -0.39 is 6.17 Å². The van der Waals surface area contributed by atoms with Gasteiger partial charge in [-0.05, 0) is 97.6 Å². The summed E-state index contributed by atoms with van der Waals surface area (Å²) in [5.41, 5.74) is 3.47. The van der Waals surface area contributed by atoms with Crippen molar-refractivity contribution in [1.82, 2.24) is 5.32 Å². The molecule has 1 saturated heterocycles. The minimum absolute atomic E-state index is 0.0270. The third-order valence-electron chi connectivity index (χ3n) is 9.31. The fourth-order valence-electron chi connectivity index (χ4n) is 7.53. The molecule has 3 saturated carbocycles. The Hall–Kier alpha value is -1.00. The summed E-state index contributed by atoms with van der Waals surface area (Å²) in [5.74, 6) is 2.33. The van der Waals surface area contributed by atoms with Gasteiger partial charge in [0, 0.05) is 12.3 Å². The number of fused-ring (bicyclic) bond motifs is 5. The topological polar surface area (TPSA) is 56.1 Å². The van der Waals surface area contributed by atoms with Crippen LogP contribution < -0.4 is 5.32 Å². The van der Waals surface area contributed by atoms with Crippen LogP contribution in [0.5, 0.6) is 0 Å². The fraction of sp³-hybridized carbons (Fsp3) is 0.800. The van der Waals surface area contributed by atoms with Crippen molar-refractivity contribution in [1.29, 1.82) is 5.41 Å². The number of β-amino-alcohol motifs (C(OH)–C–C–N with tert-alkyl or cyclic N) is 1. The van der Waals surface area contributed by atoms with Gasteiger partial charge in [0.25, 0.3) is 0 Å². The van der Waals surface area contributed by atoms with Crippen molar-refractivity contribution >= 4 is 5.71 Å². The van der Waals surface area contributed by atoms with Crippen molar-refractivity contribution in [3.8, 4) is 0 Å². The number of rotatable bonds is 0. The van der Waals surface area contributed by atoms with Crippen LogP contribution in [0, 0.1) is 39.9 Å². The molecule has 1 aliphatic heterocycles. The molecule has 1 heterocycles. The number of nitrogens with one attached hydrogen (secondary N) is 2. The number of hydrogen-bond acceptors (Lipinski definition) is 3. The summed E-state index contributed by atoms with van der Waals surface area (Å²) in [7, 11) is 0. The average Bonchev–Trinajstić information content (AvgIpc) is 3.24. The lowest BCUT2D eigenvalue weighted by Crippen LogP contribution is -2.51. The number of aliphatic hydroxyl groups excluding tert-OH is 1. The van der Waals surface area contributed by atoms with Gasteiger partial charge in [0.15, 0.2) is 0 Å². The van der Waals surface area contributed by atoms with Crippen LogP contribution in [0.15, 0.2) is 23.8 Å². The molecule has 6 unspecified atom stereocenters. The van der Waals surface area contributed by atoms with Gasteiger partial charge in [0.05, 0.1) is 6.10 Å². The monoisotopic (exact) mass is 402 g/mol. The van der Waals surface area contributed by atoms with E-state index in [-0.39, 0.29) is 16.9 Å². The van der Waals surface area contributed by atoms with Crippen LogP contribution in [0.2, 0.25) is 0 Å². The van der Waals surface area contributed by atoms with Crippen LogP contribution in [-0.2, 0) is 0 Å². The lowest BCUT2D eigenvalue weighted by atomic mass is 9.45. The molecule has 3 nitrogen and oxygen atoms in total. The minimum atomic E-state index is -0.789.